The third-order valence-corrected chi connectivity index (χ3v) is 4.85. The van der Waals surface area contributed by atoms with Crippen LogP contribution >= 0.6 is 0 Å². The number of halogens is 2. The van der Waals surface area contributed by atoms with Gasteiger partial charge in [-0.25, -0.2) is 8.78 Å². The van der Waals surface area contributed by atoms with E-state index in [4.69, 9.17) is 0 Å². The summed E-state index contributed by atoms with van der Waals surface area (Å²) >= 11 is 0. The summed E-state index contributed by atoms with van der Waals surface area (Å²) in [5.74, 6) is -1.74. The Hall–Kier alpha value is -2.23. The van der Waals surface area contributed by atoms with Crippen molar-refractivity contribution >= 4 is 5.91 Å². The third-order valence-electron chi connectivity index (χ3n) is 4.85. The van der Waals surface area contributed by atoms with Crippen LogP contribution in [0, 0.1) is 11.6 Å². The third kappa shape index (κ3) is 3.32. The molecule has 1 amide bonds. The molecule has 4 heteroatoms. The number of carbonyl (C=O) groups excluding carboxylic acids is 1. The summed E-state index contributed by atoms with van der Waals surface area (Å²) in [6.07, 6.45) is 3.47. The molecule has 2 nitrogen and oxygen atoms in total. The van der Waals surface area contributed by atoms with E-state index >= 15 is 0 Å². The monoisotopic (exact) mass is 329 g/mol. The molecule has 0 saturated heterocycles. The van der Waals surface area contributed by atoms with Crippen LogP contribution in [0.3, 0.4) is 0 Å². The van der Waals surface area contributed by atoms with Crippen LogP contribution in [-0.4, -0.2) is 11.9 Å². The maximum Gasteiger partial charge on any atom is 0.251 e. The molecule has 1 N–H and O–H groups in total. The summed E-state index contributed by atoms with van der Waals surface area (Å²) < 4.78 is 26.7. The van der Waals surface area contributed by atoms with Crippen molar-refractivity contribution in [2.75, 3.05) is 0 Å². The zero-order valence-electron chi connectivity index (χ0n) is 13.7. The summed E-state index contributed by atoms with van der Waals surface area (Å²) in [7, 11) is 0. The Bertz CT molecular complexity index is 744. The highest BCUT2D eigenvalue weighted by molar-refractivity contribution is 5.96. The zero-order chi connectivity index (χ0) is 17.1. The summed E-state index contributed by atoms with van der Waals surface area (Å²) in [6, 6.07) is 11.6. The van der Waals surface area contributed by atoms with Crippen molar-refractivity contribution in [2.24, 2.45) is 0 Å². The first-order chi connectivity index (χ1) is 11.6. The SMILES string of the molecule is CCc1ccccc1C(=O)N[C@@H]1CCC[C@@H]1c1ccc(F)c(F)c1. The van der Waals surface area contributed by atoms with Crippen molar-refractivity contribution in [1.82, 2.24) is 5.32 Å². The molecule has 1 saturated carbocycles. The minimum Gasteiger partial charge on any atom is -0.349 e. The molecule has 0 spiro atoms. The minimum absolute atomic E-state index is 0.0258. The Morgan fingerprint density at radius 1 is 1.12 bits per heavy atom. The number of hydrogen-bond acceptors (Lipinski definition) is 1. The molecule has 2 aromatic carbocycles. The average molecular weight is 329 g/mol. The van der Waals surface area contributed by atoms with Gasteiger partial charge in [-0.15, -0.1) is 0 Å². The average Bonchev–Trinajstić information content (AvgIpc) is 3.05. The van der Waals surface area contributed by atoms with E-state index in [0.717, 1.165) is 42.9 Å². The smallest absolute Gasteiger partial charge is 0.251 e. The van der Waals surface area contributed by atoms with Crippen LogP contribution in [0.1, 0.15) is 53.6 Å². The number of amides is 1. The van der Waals surface area contributed by atoms with E-state index < -0.39 is 11.6 Å². The quantitative estimate of drug-likeness (QED) is 0.873. The Labute approximate surface area is 140 Å². The van der Waals surface area contributed by atoms with Crippen LogP contribution in [0.25, 0.3) is 0 Å². The van der Waals surface area contributed by atoms with E-state index in [1.807, 2.05) is 31.2 Å². The second-order valence-corrected chi connectivity index (χ2v) is 6.30. The van der Waals surface area contributed by atoms with E-state index in [9.17, 15) is 13.6 Å². The molecule has 0 heterocycles. The molecule has 0 radical (unpaired) electrons. The molecule has 1 aliphatic rings. The van der Waals surface area contributed by atoms with Crippen molar-refractivity contribution in [1.29, 1.82) is 0 Å². The van der Waals surface area contributed by atoms with E-state index in [1.165, 1.54) is 6.07 Å². The topological polar surface area (TPSA) is 29.1 Å². The number of benzene rings is 2. The number of aryl methyl sites for hydroxylation is 1. The van der Waals surface area contributed by atoms with Gasteiger partial charge in [-0.1, -0.05) is 37.6 Å². The van der Waals surface area contributed by atoms with Crippen molar-refractivity contribution in [3.8, 4) is 0 Å². The minimum atomic E-state index is -0.839. The molecule has 24 heavy (non-hydrogen) atoms. The van der Waals surface area contributed by atoms with Crippen LogP contribution in [0.15, 0.2) is 42.5 Å². The van der Waals surface area contributed by atoms with Gasteiger partial charge in [0.15, 0.2) is 11.6 Å². The van der Waals surface area contributed by atoms with Gasteiger partial charge in [0.2, 0.25) is 0 Å². The number of hydrogen-bond donors (Lipinski definition) is 1. The first-order valence-electron chi connectivity index (χ1n) is 8.44. The van der Waals surface area contributed by atoms with Gasteiger partial charge in [0.25, 0.3) is 5.91 Å². The van der Waals surface area contributed by atoms with Gasteiger partial charge >= 0.3 is 0 Å². The summed E-state index contributed by atoms with van der Waals surface area (Å²) in [5, 5.41) is 3.10. The van der Waals surface area contributed by atoms with Gasteiger partial charge in [-0.05, 0) is 48.6 Å². The maximum absolute atomic E-state index is 13.5. The lowest BCUT2D eigenvalue weighted by Gasteiger charge is -2.22. The van der Waals surface area contributed by atoms with Crippen molar-refractivity contribution < 1.29 is 13.6 Å². The largest absolute Gasteiger partial charge is 0.349 e. The predicted molar refractivity (Wildman–Crippen MR) is 90.0 cm³/mol. The highest BCUT2D eigenvalue weighted by Gasteiger charge is 2.30. The molecular formula is C20H21F2NO. The lowest BCUT2D eigenvalue weighted by Crippen LogP contribution is -2.37. The molecule has 126 valence electrons. The molecule has 1 fully saturated rings. The second-order valence-electron chi connectivity index (χ2n) is 6.30. The summed E-state index contributed by atoms with van der Waals surface area (Å²) in [5.41, 5.74) is 2.45. The van der Waals surface area contributed by atoms with Crippen LogP contribution in [0.5, 0.6) is 0 Å². The standard InChI is InChI=1S/C20H21F2NO/c1-2-13-6-3-4-7-16(13)20(24)23-19-9-5-8-15(19)14-10-11-17(21)18(22)12-14/h3-4,6-7,10-12,15,19H,2,5,8-9H2,1H3,(H,23,24)/t15-,19-/m1/s1. The predicted octanol–water partition coefficient (Wildman–Crippen LogP) is 4.59. The Kier molecular flexibility index (Phi) is 4.93. The van der Waals surface area contributed by atoms with Gasteiger partial charge in [-0.3, -0.25) is 4.79 Å². The van der Waals surface area contributed by atoms with E-state index in [1.54, 1.807) is 6.07 Å². The Morgan fingerprint density at radius 2 is 1.92 bits per heavy atom. The molecule has 2 atom stereocenters. The van der Waals surface area contributed by atoms with Gasteiger partial charge in [0.05, 0.1) is 0 Å². The number of rotatable bonds is 4. The van der Waals surface area contributed by atoms with Crippen LogP contribution in [0.4, 0.5) is 8.78 Å². The molecule has 0 aliphatic heterocycles. The molecule has 3 rings (SSSR count). The van der Waals surface area contributed by atoms with Crippen LogP contribution in [-0.2, 0) is 6.42 Å². The number of nitrogens with one attached hydrogen (secondary N) is 1. The van der Waals surface area contributed by atoms with E-state index in [-0.39, 0.29) is 17.9 Å². The fraction of sp³-hybridized carbons (Fsp3) is 0.350. The first-order valence-corrected chi connectivity index (χ1v) is 8.44. The van der Waals surface area contributed by atoms with Crippen molar-refractivity contribution in [2.45, 2.75) is 44.6 Å². The lowest BCUT2D eigenvalue weighted by molar-refractivity contribution is 0.0933. The lowest BCUT2D eigenvalue weighted by atomic mass is 9.93. The molecule has 2 aromatic rings. The Balaban J connectivity index is 1.78. The maximum atomic E-state index is 13.5. The second kappa shape index (κ2) is 7.12. The Morgan fingerprint density at radius 3 is 2.67 bits per heavy atom. The van der Waals surface area contributed by atoms with Crippen LogP contribution < -0.4 is 5.32 Å². The first kappa shape index (κ1) is 16.6. The van der Waals surface area contributed by atoms with Crippen LogP contribution in [0.2, 0.25) is 0 Å². The van der Waals surface area contributed by atoms with Crippen molar-refractivity contribution in [3.05, 3.63) is 70.8 Å². The van der Waals surface area contributed by atoms with Gasteiger partial charge in [0.1, 0.15) is 0 Å². The highest BCUT2D eigenvalue weighted by Crippen LogP contribution is 2.35. The molecular weight excluding hydrogens is 308 g/mol. The normalized spacial score (nSPS) is 20.1. The van der Waals surface area contributed by atoms with Gasteiger partial charge in [-0.2, -0.15) is 0 Å². The van der Waals surface area contributed by atoms with E-state index in [2.05, 4.69) is 5.32 Å². The summed E-state index contributed by atoms with van der Waals surface area (Å²) in [4.78, 5) is 12.6. The fourth-order valence-corrected chi connectivity index (χ4v) is 3.57. The van der Waals surface area contributed by atoms with E-state index in [0.29, 0.717) is 5.56 Å². The summed E-state index contributed by atoms with van der Waals surface area (Å²) in [6.45, 7) is 2.02. The van der Waals surface area contributed by atoms with Crippen molar-refractivity contribution in [3.63, 3.8) is 0 Å². The zero-order valence-corrected chi connectivity index (χ0v) is 13.7. The molecule has 0 aromatic heterocycles. The van der Waals surface area contributed by atoms with Gasteiger partial charge < -0.3 is 5.32 Å². The number of carbonyl (C=O) groups is 1. The fourth-order valence-electron chi connectivity index (χ4n) is 3.57. The molecule has 0 unspecified atom stereocenters. The molecule has 0 bridgehead atoms. The highest BCUT2D eigenvalue weighted by atomic mass is 19.2. The molecule has 1 aliphatic carbocycles. The van der Waals surface area contributed by atoms with Gasteiger partial charge in [0, 0.05) is 17.5 Å².